The lowest BCUT2D eigenvalue weighted by atomic mass is 10.1. The number of amides is 1. The van der Waals surface area contributed by atoms with E-state index in [1.54, 1.807) is 17.0 Å². The molecule has 1 unspecified atom stereocenters. The maximum absolute atomic E-state index is 13.0. The summed E-state index contributed by atoms with van der Waals surface area (Å²) in [5.74, 6) is 0.470. The molecular formula is C12H13ClFNO. The van der Waals surface area contributed by atoms with Crippen LogP contribution in [0.5, 0.6) is 0 Å². The van der Waals surface area contributed by atoms with E-state index in [9.17, 15) is 9.18 Å². The van der Waals surface area contributed by atoms with Crippen LogP contribution in [0.3, 0.4) is 0 Å². The Balaban J connectivity index is 2.08. The van der Waals surface area contributed by atoms with Gasteiger partial charge in [-0.05, 0) is 30.5 Å². The highest BCUT2D eigenvalue weighted by molar-refractivity contribution is 6.18. The molecule has 16 heavy (non-hydrogen) atoms. The number of halogens is 2. The Hall–Kier alpha value is -1.09. The van der Waals surface area contributed by atoms with Gasteiger partial charge >= 0.3 is 0 Å². The first-order valence-electron chi connectivity index (χ1n) is 5.31. The van der Waals surface area contributed by atoms with Crippen molar-refractivity contribution < 1.29 is 9.18 Å². The molecule has 2 rings (SSSR count). The van der Waals surface area contributed by atoms with Crippen molar-refractivity contribution in [2.75, 3.05) is 19.0 Å². The summed E-state index contributed by atoms with van der Waals surface area (Å²) in [5, 5.41) is 0. The van der Waals surface area contributed by atoms with Crippen molar-refractivity contribution in [1.82, 2.24) is 4.90 Å². The Labute approximate surface area is 99.0 Å². The zero-order valence-corrected chi connectivity index (χ0v) is 9.58. The van der Waals surface area contributed by atoms with E-state index in [1.165, 1.54) is 12.1 Å². The van der Waals surface area contributed by atoms with Crippen molar-refractivity contribution in [2.45, 2.75) is 6.42 Å². The number of rotatable bonds is 2. The Kier molecular flexibility index (Phi) is 3.44. The van der Waals surface area contributed by atoms with Gasteiger partial charge in [-0.15, -0.1) is 11.6 Å². The minimum Gasteiger partial charge on any atom is -0.338 e. The van der Waals surface area contributed by atoms with Gasteiger partial charge in [0.15, 0.2) is 0 Å². The van der Waals surface area contributed by atoms with Crippen molar-refractivity contribution in [2.24, 2.45) is 5.92 Å². The van der Waals surface area contributed by atoms with Gasteiger partial charge in [0.1, 0.15) is 5.82 Å². The van der Waals surface area contributed by atoms with Gasteiger partial charge in [-0.25, -0.2) is 4.39 Å². The summed E-state index contributed by atoms with van der Waals surface area (Å²) < 4.78 is 13.0. The molecule has 1 aromatic rings. The molecule has 0 spiro atoms. The maximum Gasteiger partial charge on any atom is 0.253 e. The molecule has 1 aliphatic rings. The summed E-state index contributed by atoms with van der Waals surface area (Å²) >= 11 is 5.75. The van der Waals surface area contributed by atoms with Crippen molar-refractivity contribution in [3.63, 3.8) is 0 Å². The predicted molar refractivity (Wildman–Crippen MR) is 61.1 cm³/mol. The van der Waals surface area contributed by atoms with Gasteiger partial charge < -0.3 is 4.90 Å². The highest BCUT2D eigenvalue weighted by atomic mass is 35.5. The molecule has 1 amide bonds. The Morgan fingerprint density at radius 3 is 3.00 bits per heavy atom. The molecule has 0 aromatic heterocycles. The monoisotopic (exact) mass is 241 g/mol. The molecule has 0 saturated carbocycles. The lowest BCUT2D eigenvalue weighted by Gasteiger charge is -2.16. The molecule has 1 atom stereocenters. The summed E-state index contributed by atoms with van der Waals surface area (Å²) in [6.07, 6.45) is 0.935. The zero-order chi connectivity index (χ0) is 11.5. The minimum absolute atomic E-state index is 0.105. The number of carbonyl (C=O) groups is 1. The van der Waals surface area contributed by atoms with Crippen LogP contribution in [0.2, 0.25) is 0 Å². The van der Waals surface area contributed by atoms with E-state index < -0.39 is 0 Å². The second kappa shape index (κ2) is 4.83. The molecule has 0 bridgehead atoms. The van der Waals surface area contributed by atoms with Gasteiger partial charge in [0.25, 0.3) is 5.91 Å². The SMILES string of the molecule is O=C(c1cccc(F)c1)N1CCC(CCl)C1. The summed E-state index contributed by atoms with van der Waals surface area (Å²) in [7, 11) is 0. The van der Waals surface area contributed by atoms with Crippen LogP contribution in [0.25, 0.3) is 0 Å². The fraction of sp³-hybridized carbons (Fsp3) is 0.417. The smallest absolute Gasteiger partial charge is 0.253 e. The number of nitrogens with zero attached hydrogens (tertiary/aromatic N) is 1. The van der Waals surface area contributed by atoms with E-state index >= 15 is 0 Å². The van der Waals surface area contributed by atoms with Crippen LogP contribution in [-0.2, 0) is 0 Å². The van der Waals surface area contributed by atoms with E-state index in [4.69, 9.17) is 11.6 Å². The lowest BCUT2D eigenvalue weighted by molar-refractivity contribution is 0.0788. The molecule has 2 nitrogen and oxygen atoms in total. The van der Waals surface area contributed by atoms with Crippen LogP contribution in [0.1, 0.15) is 16.8 Å². The van der Waals surface area contributed by atoms with E-state index in [0.29, 0.717) is 30.5 Å². The summed E-state index contributed by atoms with van der Waals surface area (Å²) in [5.41, 5.74) is 0.412. The number of hydrogen-bond donors (Lipinski definition) is 0. The number of hydrogen-bond acceptors (Lipinski definition) is 1. The Bertz CT molecular complexity index is 396. The van der Waals surface area contributed by atoms with Crippen molar-refractivity contribution in [1.29, 1.82) is 0 Å². The molecule has 86 valence electrons. The molecule has 0 aliphatic carbocycles. The molecule has 1 heterocycles. The van der Waals surface area contributed by atoms with Gasteiger partial charge in [-0.1, -0.05) is 6.07 Å². The Morgan fingerprint density at radius 1 is 1.56 bits per heavy atom. The lowest BCUT2D eigenvalue weighted by Crippen LogP contribution is -2.28. The first-order valence-corrected chi connectivity index (χ1v) is 5.85. The molecule has 1 saturated heterocycles. The van der Waals surface area contributed by atoms with Crippen LogP contribution in [0.15, 0.2) is 24.3 Å². The molecule has 1 aliphatic heterocycles. The zero-order valence-electron chi connectivity index (χ0n) is 8.83. The van der Waals surface area contributed by atoms with Gasteiger partial charge in [0.05, 0.1) is 0 Å². The van der Waals surface area contributed by atoms with Crippen molar-refractivity contribution in [3.05, 3.63) is 35.6 Å². The topological polar surface area (TPSA) is 20.3 Å². The van der Waals surface area contributed by atoms with Crippen LogP contribution in [0.4, 0.5) is 4.39 Å². The highest BCUT2D eigenvalue weighted by Crippen LogP contribution is 2.19. The van der Waals surface area contributed by atoms with Gasteiger partial charge in [0.2, 0.25) is 0 Å². The molecule has 1 aromatic carbocycles. The third-order valence-electron chi connectivity index (χ3n) is 2.86. The van der Waals surface area contributed by atoms with E-state index in [1.807, 2.05) is 0 Å². The number of alkyl halides is 1. The van der Waals surface area contributed by atoms with Crippen LogP contribution >= 0.6 is 11.6 Å². The third-order valence-corrected chi connectivity index (χ3v) is 3.30. The van der Waals surface area contributed by atoms with Crippen LogP contribution in [0, 0.1) is 11.7 Å². The van der Waals surface area contributed by atoms with E-state index in [-0.39, 0.29) is 11.7 Å². The number of benzene rings is 1. The molecule has 0 N–H and O–H groups in total. The largest absolute Gasteiger partial charge is 0.338 e. The molecule has 0 radical (unpaired) electrons. The summed E-state index contributed by atoms with van der Waals surface area (Å²) in [6, 6.07) is 5.80. The minimum atomic E-state index is -0.376. The average molecular weight is 242 g/mol. The maximum atomic E-state index is 13.0. The fourth-order valence-corrected chi connectivity index (χ4v) is 2.20. The summed E-state index contributed by atoms with van der Waals surface area (Å²) in [6.45, 7) is 1.39. The second-order valence-electron chi connectivity index (χ2n) is 4.07. The number of likely N-dealkylation sites (tertiary alicyclic amines) is 1. The molecular weight excluding hydrogens is 229 g/mol. The number of carbonyl (C=O) groups excluding carboxylic acids is 1. The third kappa shape index (κ3) is 2.35. The van der Waals surface area contributed by atoms with E-state index in [0.717, 1.165) is 6.42 Å². The van der Waals surface area contributed by atoms with Crippen LogP contribution < -0.4 is 0 Å². The van der Waals surface area contributed by atoms with Gasteiger partial charge in [-0.2, -0.15) is 0 Å². The first kappa shape index (κ1) is 11.4. The van der Waals surface area contributed by atoms with E-state index in [2.05, 4.69) is 0 Å². The highest BCUT2D eigenvalue weighted by Gasteiger charge is 2.26. The van der Waals surface area contributed by atoms with Crippen molar-refractivity contribution in [3.8, 4) is 0 Å². The fourth-order valence-electron chi connectivity index (χ4n) is 1.95. The molecule has 4 heteroatoms. The normalized spacial score (nSPS) is 20.1. The van der Waals surface area contributed by atoms with Gasteiger partial charge in [-0.3, -0.25) is 4.79 Å². The van der Waals surface area contributed by atoms with Crippen molar-refractivity contribution >= 4 is 17.5 Å². The predicted octanol–water partition coefficient (Wildman–Crippen LogP) is 2.53. The first-order chi connectivity index (χ1) is 7.70. The quantitative estimate of drug-likeness (QED) is 0.729. The Morgan fingerprint density at radius 2 is 2.38 bits per heavy atom. The van der Waals surface area contributed by atoms with Gasteiger partial charge in [0, 0.05) is 24.5 Å². The van der Waals surface area contributed by atoms with Crippen LogP contribution in [-0.4, -0.2) is 29.8 Å². The average Bonchev–Trinajstić information content (AvgIpc) is 2.76. The molecule has 1 fully saturated rings. The standard InChI is InChI=1S/C12H13ClFNO/c13-7-9-4-5-15(8-9)12(16)10-2-1-3-11(14)6-10/h1-3,6,9H,4-5,7-8H2. The summed E-state index contributed by atoms with van der Waals surface area (Å²) in [4.78, 5) is 13.7. The second-order valence-corrected chi connectivity index (χ2v) is 4.38.